The summed E-state index contributed by atoms with van der Waals surface area (Å²) >= 11 is 5.90. The minimum atomic E-state index is 0.00979. The predicted molar refractivity (Wildman–Crippen MR) is 59.9 cm³/mol. The highest BCUT2D eigenvalue weighted by Gasteiger charge is 2.09. The lowest BCUT2D eigenvalue weighted by molar-refractivity contribution is 0.196. The van der Waals surface area contributed by atoms with E-state index in [1.807, 2.05) is 39.0 Å². The first-order valence-corrected chi connectivity index (χ1v) is 5.07. The van der Waals surface area contributed by atoms with Crippen LogP contribution in [0, 0.1) is 6.92 Å². The predicted octanol–water partition coefficient (Wildman–Crippen LogP) is 2.76. The molecular weight excluding hydrogens is 198 g/mol. The van der Waals surface area contributed by atoms with E-state index in [0.29, 0.717) is 0 Å². The Morgan fingerprint density at radius 1 is 1.36 bits per heavy atom. The van der Waals surface area contributed by atoms with E-state index in [-0.39, 0.29) is 12.1 Å². The normalized spacial score (nSPS) is 14.9. The minimum absolute atomic E-state index is 0.00979. The van der Waals surface area contributed by atoms with E-state index in [1.165, 1.54) is 0 Å². The van der Waals surface area contributed by atoms with Crippen molar-refractivity contribution in [3.05, 3.63) is 28.8 Å². The molecule has 0 fully saturated rings. The maximum atomic E-state index is 5.90. The monoisotopic (exact) mass is 213 g/mol. The molecule has 1 aromatic carbocycles. The summed E-state index contributed by atoms with van der Waals surface area (Å²) in [5.41, 5.74) is 6.72. The molecule has 1 unspecified atom stereocenters. The van der Waals surface area contributed by atoms with E-state index in [0.717, 1.165) is 16.3 Å². The minimum Gasteiger partial charge on any atom is -0.489 e. The highest BCUT2D eigenvalue weighted by molar-refractivity contribution is 6.31. The first-order valence-electron chi connectivity index (χ1n) is 4.69. The second-order valence-electron chi connectivity index (χ2n) is 3.59. The van der Waals surface area contributed by atoms with Crippen molar-refractivity contribution in [1.29, 1.82) is 0 Å². The van der Waals surface area contributed by atoms with Crippen LogP contribution in [0.15, 0.2) is 18.2 Å². The molecule has 0 amide bonds. The molecular formula is C11H16ClNO. The fourth-order valence-corrected chi connectivity index (χ4v) is 1.13. The molecule has 0 aliphatic carbocycles. The number of nitrogens with two attached hydrogens (primary N) is 1. The molecule has 0 spiro atoms. The summed E-state index contributed by atoms with van der Waals surface area (Å²) in [7, 11) is 0. The lowest BCUT2D eigenvalue weighted by Crippen LogP contribution is -2.33. The third-order valence-electron chi connectivity index (χ3n) is 2.19. The lowest BCUT2D eigenvalue weighted by Gasteiger charge is -2.18. The Labute approximate surface area is 90.0 Å². The van der Waals surface area contributed by atoms with Crippen LogP contribution >= 0.6 is 11.6 Å². The zero-order chi connectivity index (χ0) is 10.7. The summed E-state index contributed by atoms with van der Waals surface area (Å²) in [5.74, 6) is 0.816. The van der Waals surface area contributed by atoms with Crippen LogP contribution in [-0.2, 0) is 0 Å². The molecule has 0 radical (unpaired) electrons. The van der Waals surface area contributed by atoms with Crippen LogP contribution in [0.4, 0.5) is 0 Å². The number of benzene rings is 1. The first kappa shape index (κ1) is 11.3. The first-order chi connectivity index (χ1) is 6.50. The molecule has 2 atom stereocenters. The Balaban J connectivity index is 2.73. The Hall–Kier alpha value is -0.730. The van der Waals surface area contributed by atoms with Gasteiger partial charge in [-0.1, -0.05) is 11.6 Å². The number of ether oxygens (including phenoxy) is 1. The van der Waals surface area contributed by atoms with Crippen molar-refractivity contribution in [3.8, 4) is 5.75 Å². The highest BCUT2D eigenvalue weighted by Crippen LogP contribution is 2.22. The van der Waals surface area contributed by atoms with Gasteiger partial charge in [-0.2, -0.15) is 0 Å². The van der Waals surface area contributed by atoms with Crippen LogP contribution in [0.25, 0.3) is 0 Å². The molecule has 0 aliphatic heterocycles. The van der Waals surface area contributed by atoms with Gasteiger partial charge in [-0.05, 0) is 44.5 Å². The largest absolute Gasteiger partial charge is 0.489 e. The lowest BCUT2D eigenvalue weighted by atomic mass is 10.2. The molecule has 1 aromatic rings. The maximum Gasteiger partial charge on any atom is 0.120 e. The van der Waals surface area contributed by atoms with Gasteiger partial charge in [0.05, 0.1) is 0 Å². The van der Waals surface area contributed by atoms with Gasteiger partial charge in [-0.3, -0.25) is 0 Å². The van der Waals surface area contributed by atoms with Gasteiger partial charge < -0.3 is 10.5 Å². The molecule has 0 heterocycles. The molecule has 0 saturated heterocycles. The number of aryl methyl sites for hydroxylation is 1. The van der Waals surface area contributed by atoms with Crippen molar-refractivity contribution in [3.63, 3.8) is 0 Å². The van der Waals surface area contributed by atoms with Crippen molar-refractivity contribution in [2.24, 2.45) is 5.73 Å². The molecule has 0 aromatic heterocycles. The van der Waals surface area contributed by atoms with Gasteiger partial charge in [0, 0.05) is 11.1 Å². The van der Waals surface area contributed by atoms with Crippen molar-refractivity contribution in [2.75, 3.05) is 0 Å². The third-order valence-corrected chi connectivity index (χ3v) is 2.62. The maximum absolute atomic E-state index is 5.90. The smallest absolute Gasteiger partial charge is 0.120 e. The van der Waals surface area contributed by atoms with Crippen LogP contribution in [0.3, 0.4) is 0 Å². The van der Waals surface area contributed by atoms with Gasteiger partial charge >= 0.3 is 0 Å². The van der Waals surface area contributed by atoms with Crippen molar-refractivity contribution < 1.29 is 4.74 Å². The van der Waals surface area contributed by atoms with Crippen molar-refractivity contribution in [2.45, 2.75) is 32.9 Å². The summed E-state index contributed by atoms with van der Waals surface area (Å²) in [4.78, 5) is 0. The van der Waals surface area contributed by atoms with Gasteiger partial charge in [0.15, 0.2) is 0 Å². The second kappa shape index (κ2) is 4.67. The van der Waals surface area contributed by atoms with E-state index < -0.39 is 0 Å². The van der Waals surface area contributed by atoms with E-state index in [4.69, 9.17) is 22.1 Å². The Morgan fingerprint density at radius 2 is 2.00 bits per heavy atom. The van der Waals surface area contributed by atoms with Crippen LogP contribution < -0.4 is 10.5 Å². The van der Waals surface area contributed by atoms with Crippen LogP contribution in [0.1, 0.15) is 19.4 Å². The average molecular weight is 214 g/mol. The standard InChI is InChI=1S/C11H16ClNO/c1-7-6-10(4-5-11(7)12)14-9(3)8(2)13/h4-6,8-9H,13H2,1-3H3/t8-,9?/m1/s1. The van der Waals surface area contributed by atoms with Crippen molar-refractivity contribution in [1.82, 2.24) is 0 Å². The van der Waals surface area contributed by atoms with E-state index in [2.05, 4.69) is 0 Å². The zero-order valence-electron chi connectivity index (χ0n) is 8.75. The molecule has 0 saturated carbocycles. The van der Waals surface area contributed by atoms with E-state index >= 15 is 0 Å². The Kier molecular flexibility index (Phi) is 3.78. The summed E-state index contributed by atoms with van der Waals surface area (Å²) in [6.45, 7) is 5.83. The summed E-state index contributed by atoms with van der Waals surface area (Å²) in [6.07, 6.45) is 0.00979. The Morgan fingerprint density at radius 3 is 2.50 bits per heavy atom. The van der Waals surface area contributed by atoms with Gasteiger partial charge in [-0.15, -0.1) is 0 Å². The fraction of sp³-hybridized carbons (Fsp3) is 0.455. The van der Waals surface area contributed by atoms with Crippen LogP contribution in [-0.4, -0.2) is 12.1 Å². The number of halogens is 1. The molecule has 2 N–H and O–H groups in total. The molecule has 0 aliphatic rings. The average Bonchev–Trinajstić information content (AvgIpc) is 2.11. The number of rotatable bonds is 3. The third kappa shape index (κ3) is 2.89. The van der Waals surface area contributed by atoms with Crippen LogP contribution in [0.5, 0.6) is 5.75 Å². The van der Waals surface area contributed by atoms with Gasteiger partial charge in [0.1, 0.15) is 11.9 Å². The molecule has 3 heteroatoms. The number of hydrogen-bond acceptors (Lipinski definition) is 2. The summed E-state index contributed by atoms with van der Waals surface area (Å²) in [5, 5.41) is 0.755. The fourth-order valence-electron chi connectivity index (χ4n) is 1.01. The van der Waals surface area contributed by atoms with E-state index in [1.54, 1.807) is 0 Å². The van der Waals surface area contributed by atoms with E-state index in [9.17, 15) is 0 Å². The van der Waals surface area contributed by atoms with Gasteiger partial charge in [0.2, 0.25) is 0 Å². The molecule has 1 rings (SSSR count). The topological polar surface area (TPSA) is 35.2 Å². The quantitative estimate of drug-likeness (QED) is 0.838. The SMILES string of the molecule is Cc1cc(OC(C)[C@@H](C)N)ccc1Cl. The molecule has 14 heavy (non-hydrogen) atoms. The second-order valence-corrected chi connectivity index (χ2v) is 4.00. The Bertz CT molecular complexity index is 312. The molecule has 2 nitrogen and oxygen atoms in total. The highest BCUT2D eigenvalue weighted by atomic mass is 35.5. The van der Waals surface area contributed by atoms with Gasteiger partial charge in [0.25, 0.3) is 0 Å². The molecule has 78 valence electrons. The van der Waals surface area contributed by atoms with Crippen molar-refractivity contribution >= 4 is 11.6 Å². The summed E-state index contributed by atoms with van der Waals surface area (Å²) < 4.78 is 5.63. The zero-order valence-corrected chi connectivity index (χ0v) is 9.51. The van der Waals surface area contributed by atoms with Crippen LogP contribution in [0.2, 0.25) is 5.02 Å². The summed E-state index contributed by atoms with van der Waals surface area (Å²) in [6, 6.07) is 5.63. The molecule has 0 bridgehead atoms. The van der Waals surface area contributed by atoms with Gasteiger partial charge in [-0.25, -0.2) is 0 Å². The number of hydrogen-bond donors (Lipinski definition) is 1.